The van der Waals surface area contributed by atoms with E-state index in [0.717, 1.165) is 17.1 Å². The molecule has 0 bridgehead atoms. The summed E-state index contributed by atoms with van der Waals surface area (Å²) in [6, 6.07) is 8.43. The van der Waals surface area contributed by atoms with Crippen molar-refractivity contribution in [3.63, 3.8) is 0 Å². The van der Waals surface area contributed by atoms with Gasteiger partial charge in [-0.2, -0.15) is 0 Å². The van der Waals surface area contributed by atoms with Gasteiger partial charge in [-0.05, 0) is 11.5 Å². The third-order valence-electron chi connectivity index (χ3n) is 3.08. The van der Waals surface area contributed by atoms with Crippen LogP contribution in [0.5, 0.6) is 0 Å². The second-order valence-electron chi connectivity index (χ2n) is 4.57. The zero-order valence-electron chi connectivity index (χ0n) is 10.5. The van der Waals surface area contributed by atoms with Crippen molar-refractivity contribution in [3.8, 4) is 11.4 Å². The third-order valence-corrected chi connectivity index (χ3v) is 3.08. The van der Waals surface area contributed by atoms with Crippen molar-refractivity contribution in [2.24, 2.45) is 7.05 Å². The molecule has 0 unspecified atom stereocenters. The lowest BCUT2D eigenvalue weighted by molar-refractivity contribution is 0.273. The first-order chi connectivity index (χ1) is 8.13. The van der Waals surface area contributed by atoms with Gasteiger partial charge in [-0.15, -0.1) is 0 Å². The van der Waals surface area contributed by atoms with Gasteiger partial charge >= 0.3 is 0 Å². The van der Waals surface area contributed by atoms with Gasteiger partial charge in [0.2, 0.25) is 0 Å². The summed E-state index contributed by atoms with van der Waals surface area (Å²) in [5.41, 5.74) is 3.23. The molecule has 0 atom stereocenters. The Labute approximate surface area is 102 Å². The molecule has 0 saturated carbocycles. The molecule has 0 fully saturated rings. The molecule has 17 heavy (non-hydrogen) atoms. The van der Waals surface area contributed by atoms with Gasteiger partial charge in [-0.1, -0.05) is 38.1 Å². The summed E-state index contributed by atoms with van der Waals surface area (Å²) in [7, 11) is 1.92. The van der Waals surface area contributed by atoms with E-state index in [9.17, 15) is 0 Å². The molecule has 3 nitrogen and oxygen atoms in total. The first-order valence-corrected chi connectivity index (χ1v) is 5.85. The smallest absolute Gasteiger partial charge is 0.139 e. The van der Waals surface area contributed by atoms with E-state index in [1.807, 2.05) is 11.6 Å². The van der Waals surface area contributed by atoms with E-state index in [-0.39, 0.29) is 6.61 Å². The quantitative estimate of drug-likeness (QED) is 0.880. The highest BCUT2D eigenvalue weighted by Crippen LogP contribution is 2.22. The maximum absolute atomic E-state index is 9.13. The zero-order chi connectivity index (χ0) is 12.4. The number of rotatable bonds is 3. The van der Waals surface area contributed by atoms with E-state index < -0.39 is 0 Å². The van der Waals surface area contributed by atoms with Crippen molar-refractivity contribution in [1.29, 1.82) is 0 Å². The summed E-state index contributed by atoms with van der Waals surface area (Å²) < 4.78 is 1.92. The highest BCUT2D eigenvalue weighted by molar-refractivity contribution is 5.56. The minimum Gasteiger partial charge on any atom is -0.390 e. The third kappa shape index (κ3) is 2.24. The highest BCUT2D eigenvalue weighted by atomic mass is 16.3. The molecule has 0 radical (unpaired) electrons. The summed E-state index contributed by atoms with van der Waals surface area (Å²) in [5.74, 6) is 1.43. The molecule has 0 spiro atoms. The van der Waals surface area contributed by atoms with Crippen molar-refractivity contribution in [3.05, 3.63) is 41.7 Å². The summed E-state index contributed by atoms with van der Waals surface area (Å²) in [6.07, 6.45) is 1.71. The number of aliphatic hydroxyl groups is 1. The van der Waals surface area contributed by atoms with Gasteiger partial charge in [0.1, 0.15) is 5.82 Å². The van der Waals surface area contributed by atoms with Crippen LogP contribution in [0.1, 0.15) is 31.0 Å². The van der Waals surface area contributed by atoms with Crippen LogP contribution in [0.15, 0.2) is 30.5 Å². The summed E-state index contributed by atoms with van der Waals surface area (Å²) in [4.78, 5) is 4.33. The van der Waals surface area contributed by atoms with Gasteiger partial charge in [0.15, 0.2) is 0 Å². The summed E-state index contributed by atoms with van der Waals surface area (Å²) in [6.45, 7) is 4.38. The average Bonchev–Trinajstić information content (AvgIpc) is 2.70. The fourth-order valence-electron chi connectivity index (χ4n) is 1.88. The normalized spacial score (nSPS) is 11.1. The Morgan fingerprint density at radius 3 is 2.35 bits per heavy atom. The second kappa shape index (κ2) is 4.72. The molecule has 1 aromatic carbocycles. The van der Waals surface area contributed by atoms with Crippen LogP contribution in [0.2, 0.25) is 0 Å². The van der Waals surface area contributed by atoms with Crippen LogP contribution >= 0.6 is 0 Å². The minimum atomic E-state index is 0.0214. The fourth-order valence-corrected chi connectivity index (χ4v) is 1.88. The number of imidazole rings is 1. The van der Waals surface area contributed by atoms with Crippen LogP contribution in [-0.2, 0) is 13.7 Å². The van der Waals surface area contributed by atoms with Crippen LogP contribution in [0.4, 0.5) is 0 Å². The number of hydrogen-bond donors (Lipinski definition) is 1. The zero-order valence-corrected chi connectivity index (χ0v) is 10.5. The lowest BCUT2D eigenvalue weighted by atomic mass is 10.0. The molecule has 1 aromatic heterocycles. The summed E-state index contributed by atoms with van der Waals surface area (Å²) in [5, 5.41) is 9.13. The van der Waals surface area contributed by atoms with Crippen molar-refractivity contribution in [2.75, 3.05) is 0 Å². The number of hydrogen-bond acceptors (Lipinski definition) is 2. The Kier molecular flexibility index (Phi) is 3.29. The van der Waals surface area contributed by atoms with E-state index >= 15 is 0 Å². The van der Waals surface area contributed by atoms with Crippen LogP contribution in [-0.4, -0.2) is 14.7 Å². The molecule has 1 N–H and O–H groups in total. The van der Waals surface area contributed by atoms with E-state index in [1.54, 1.807) is 6.20 Å². The molecule has 0 aliphatic carbocycles. The molecule has 1 heterocycles. The lowest BCUT2D eigenvalue weighted by Gasteiger charge is -2.07. The second-order valence-corrected chi connectivity index (χ2v) is 4.57. The Morgan fingerprint density at radius 2 is 1.88 bits per heavy atom. The van der Waals surface area contributed by atoms with Gasteiger partial charge < -0.3 is 9.67 Å². The molecule has 0 aliphatic heterocycles. The predicted molar refractivity (Wildman–Crippen MR) is 68.7 cm³/mol. The molecule has 3 heteroatoms. The maximum Gasteiger partial charge on any atom is 0.139 e. The Hall–Kier alpha value is -1.61. The maximum atomic E-state index is 9.13. The Bertz CT molecular complexity index is 497. The van der Waals surface area contributed by atoms with Crippen LogP contribution in [0, 0.1) is 0 Å². The van der Waals surface area contributed by atoms with E-state index in [1.165, 1.54) is 5.56 Å². The van der Waals surface area contributed by atoms with E-state index in [4.69, 9.17) is 5.11 Å². The molecular weight excluding hydrogens is 212 g/mol. The van der Waals surface area contributed by atoms with Crippen LogP contribution in [0.3, 0.4) is 0 Å². The van der Waals surface area contributed by atoms with E-state index in [2.05, 4.69) is 43.1 Å². The standard InChI is InChI=1S/C14H18N2O/c1-10(2)11-4-6-12(7-5-11)14-15-8-13(9-17)16(14)3/h4-8,10,17H,9H2,1-3H3. The van der Waals surface area contributed by atoms with Crippen molar-refractivity contribution < 1.29 is 5.11 Å². The number of aliphatic hydroxyl groups excluding tert-OH is 1. The topological polar surface area (TPSA) is 38.1 Å². The number of aromatic nitrogens is 2. The van der Waals surface area contributed by atoms with Crippen molar-refractivity contribution in [2.45, 2.75) is 26.4 Å². The first-order valence-electron chi connectivity index (χ1n) is 5.85. The molecular formula is C14H18N2O. The molecule has 0 saturated heterocycles. The molecule has 90 valence electrons. The van der Waals surface area contributed by atoms with Crippen LogP contribution < -0.4 is 0 Å². The average molecular weight is 230 g/mol. The molecule has 0 aliphatic rings. The largest absolute Gasteiger partial charge is 0.390 e. The SMILES string of the molecule is CC(C)c1ccc(-c2ncc(CO)n2C)cc1. The van der Waals surface area contributed by atoms with Gasteiger partial charge in [-0.3, -0.25) is 0 Å². The monoisotopic (exact) mass is 230 g/mol. The molecule has 2 aromatic rings. The van der Waals surface area contributed by atoms with Crippen molar-refractivity contribution in [1.82, 2.24) is 9.55 Å². The Balaban J connectivity index is 2.36. The number of benzene rings is 1. The van der Waals surface area contributed by atoms with Gasteiger partial charge in [0, 0.05) is 12.6 Å². The van der Waals surface area contributed by atoms with Gasteiger partial charge in [-0.25, -0.2) is 4.98 Å². The highest BCUT2D eigenvalue weighted by Gasteiger charge is 2.08. The fraction of sp³-hybridized carbons (Fsp3) is 0.357. The van der Waals surface area contributed by atoms with Crippen molar-refractivity contribution >= 4 is 0 Å². The van der Waals surface area contributed by atoms with Gasteiger partial charge in [0.25, 0.3) is 0 Å². The van der Waals surface area contributed by atoms with E-state index in [0.29, 0.717) is 5.92 Å². The van der Waals surface area contributed by atoms with Gasteiger partial charge in [0.05, 0.1) is 18.5 Å². The molecule has 0 amide bonds. The molecule has 2 rings (SSSR count). The Morgan fingerprint density at radius 1 is 1.24 bits per heavy atom. The first kappa shape index (κ1) is 11.9. The minimum absolute atomic E-state index is 0.0214. The predicted octanol–water partition coefficient (Wildman–Crippen LogP) is 2.70. The lowest BCUT2D eigenvalue weighted by Crippen LogP contribution is -1.98. The number of nitrogens with zero attached hydrogens (tertiary/aromatic N) is 2. The van der Waals surface area contributed by atoms with Crippen LogP contribution in [0.25, 0.3) is 11.4 Å². The summed E-state index contributed by atoms with van der Waals surface area (Å²) >= 11 is 0.